The van der Waals surface area contributed by atoms with Crippen molar-refractivity contribution >= 4 is 0 Å². The van der Waals surface area contributed by atoms with Crippen LogP contribution in [-0.2, 0) is 0 Å². The third-order valence-electron chi connectivity index (χ3n) is 4.76. The van der Waals surface area contributed by atoms with E-state index in [1.54, 1.807) is 0 Å². The number of hydrogen-bond acceptors (Lipinski definition) is 2. The van der Waals surface area contributed by atoms with Gasteiger partial charge in [0, 0.05) is 12.1 Å². The fraction of sp³-hybridized carbons (Fsp3) is 1.00. The molecule has 3 unspecified atom stereocenters. The molecule has 0 aromatic heterocycles. The van der Waals surface area contributed by atoms with Crippen molar-refractivity contribution in [2.24, 2.45) is 11.3 Å². The molecule has 1 aliphatic rings. The molecule has 1 fully saturated rings. The van der Waals surface area contributed by atoms with Crippen LogP contribution in [0.3, 0.4) is 0 Å². The second-order valence-corrected chi connectivity index (χ2v) is 7.08. The van der Waals surface area contributed by atoms with E-state index in [1.807, 2.05) is 0 Å². The Kier molecular flexibility index (Phi) is 6.13. The minimum absolute atomic E-state index is 0.461. The Morgan fingerprint density at radius 2 is 1.83 bits per heavy atom. The van der Waals surface area contributed by atoms with Crippen LogP contribution in [-0.4, -0.2) is 37.1 Å². The lowest BCUT2D eigenvalue weighted by molar-refractivity contribution is 0.0751. The zero-order valence-electron chi connectivity index (χ0n) is 13.4. The highest BCUT2D eigenvalue weighted by Gasteiger charge is 2.36. The van der Waals surface area contributed by atoms with E-state index in [9.17, 15) is 0 Å². The molecule has 0 aromatic carbocycles. The van der Waals surface area contributed by atoms with E-state index < -0.39 is 0 Å². The second kappa shape index (κ2) is 6.91. The average Bonchev–Trinajstić information content (AvgIpc) is 2.34. The Hall–Kier alpha value is -0.0800. The largest absolute Gasteiger partial charge is 0.312 e. The molecule has 0 aromatic rings. The van der Waals surface area contributed by atoms with Crippen molar-refractivity contribution in [3.8, 4) is 0 Å². The predicted molar refractivity (Wildman–Crippen MR) is 81.0 cm³/mol. The Morgan fingerprint density at radius 3 is 2.33 bits per heavy atom. The van der Waals surface area contributed by atoms with E-state index in [-0.39, 0.29) is 0 Å². The maximum atomic E-state index is 3.77. The standard InChI is InChI=1S/C16H34N2/c1-7-11-17-14-10-9-13(16(3,4)5)12-15(14)18(6)8-2/h13-15,17H,7-12H2,1-6H3. The molecule has 0 heterocycles. The van der Waals surface area contributed by atoms with Gasteiger partial charge in [-0.2, -0.15) is 0 Å². The lowest BCUT2D eigenvalue weighted by Gasteiger charge is -2.45. The number of nitrogens with one attached hydrogen (secondary N) is 1. The monoisotopic (exact) mass is 254 g/mol. The molecule has 0 radical (unpaired) electrons. The summed E-state index contributed by atoms with van der Waals surface area (Å²) in [6, 6.07) is 1.42. The molecule has 2 heteroatoms. The molecule has 1 saturated carbocycles. The molecule has 1 rings (SSSR count). The van der Waals surface area contributed by atoms with Gasteiger partial charge in [0.25, 0.3) is 0 Å². The molecule has 1 aliphatic carbocycles. The first-order valence-electron chi connectivity index (χ1n) is 7.83. The Morgan fingerprint density at radius 1 is 1.17 bits per heavy atom. The van der Waals surface area contributed by atoms with Crippen molar-refractivity contribution in [2.75, 3.05) is 20.1 Å². The maximum absolute atomic E-state index is 3.77. The van der Waals surface area contributed by atoms with Gasteiger partial charge in [-0.1, -0.05) is 34.6 Å². The predicted octanol–water partition coefficient (Wildman–Crippen LogP) is 3.52. The van der Waals surface area contributed by atoms with Crippen molar-refractivity contribution in [2.45, 2.75) is 72.4 Å². The zero-order valence-corrected chi connectivity index (χ0v) is 13.4. The summed E-state index contributed by atoms with van der Waals surface area (Å²) >= 11 is 0. The first-order valence-corrected chi connectivity index (χ1v) is 7.83. The fourth-order valence-corrected chi connectivity index (χ4v) is 3.22. The zero-order chi connectivity index (χ0) is 13.8. The van der Waals surface area contributed by atoms with Crippen LogP contribution in [0.15, 0.2) is 0 Å². The van der Waals surface area contributed by atoms with Crippen LogP contribution < -0.4 is 5.32 Å². The topological polar surface area (TPSA) is 15.3 Å². The van der Waals surface area contributed by atoms with Crippen LogP contribution in [0.2, 0.25) is 0 Å². The molecule has 0 bridgehead atoms. The van der Waals surface area contributed by atoms with Gasteiger partial charge >= 0.3 is 0 Å². The quantitative estimate of drug-likeness (QED) is 0.807. The lowest BCUT2D eigenvalue weighted by atomic mass is 9.69. The smallest absolute Gasteiger partial charge is 0.0249 e. The van der Waals surface area contributed by atoms with Gasteiger partial charge in [0.15, 0.2) is 0 Å². The molecular formula is C16H34N2. The molecule has 3 atom stereocenters. The van der Waals surface area contributed by atoms with Gasteiger partial charge in [-0.3, -0.25) is 0 Å². The normalized spacial score (nSPS) is 29.8. The molecule has 1 N–H and O–H groups in total. The molecular weight excluding hydrogens is 220 g/mol. The molecule has 0 saturated heterocycles. The van der Waals surface area contributed by atoms with Crippen molar-refractivity contribution in [3.63, 3.8) is 0 Å². The maximum Gasteiger partial charge on any atom is 0.0249 e. The number of nitrogens with zero attached hydrogens (tertiary/aromatic N) is 1. The van der Waals surface area contributed by atoms with Crippen molar-refractivity contribution in [1.82, 2.24) is 10.2 Å². The Labute approximate surface area is 115 Å². The average molecular weight is 254 g/mol. The van der Waals surface area contributed by atoms with Crippen LogP contribution in [0.1, 0.15) is 60.3 Å². The fourth-order valence-electron chi connectivity index (χ4n) is 3.22. The van der Waals surface area contributed by atoms with E-state index in [1.165, 1.54) is 32.2 Å². The second-order valence-electron chi connectivity index (χ2n) is 7.08. The first kappa shape index (κ1) is 16.0. The van der Waals surface area contributed by atoms with E-state index in [0.717, 1.165) is 18.5 Å². The minimum Gasteiger partial charge on any atom is -0.312 e. The summed E-state index contributed by atoms with van der Waals surface area (Å²) in [7, 11) is 2.29. The number of rotatable bonds is 5. The van der Waals surface area contributed by atoms with Crippen molar-refractivity contribution in [1.29, 1.82) is 0 Å². The molecule has 108 valence electrons. The lowest BCUT2D eigenvalue weighted by Crippen LogP contribution is -2.53. The third kappa shape index (κ3) is 4.24. The van der Waals surface area contributed by atoms with Gasteiger partial charge in [-0.15, -0.1) is 0 Å². The summed E-state index contributed by atoms with van der Waals surface area (Å²) < 4.78 is 0. The summed E-state index contributed by atoms with van der Waals surface area (Å²) in [5, 5.41) is 3.77. The van der Waals surface area contributed by atoms with Gasteiger partial charge in [-0.25, -0.2) is 0 Å². The third-order valence-corrected chi connectivity index (χ3v) is 4.76. The Balaban J connectivity index is 2.66. The van der Waals surface area contributed by atoms with Crippen LogP contribution >= 0.6 is 0 Å². The summed E-state index contributed by atoms with van der Waals surface area (Å²) in [4.78, 5) is 2.55. The van der Waals surface area contributed by atoms with E-state index in [0.29, 0.717) is 11.5 Å². The molecule has 0 spiro atoms. The van der Waals surface area contributed by atoms with E-state index in [2.05, 4.69) is 51.9 Å². The van der Waals surface area contributed by atoms with Gasteiger partial charge in [0.05, 0.1) is 0 Å². The molecule has 0 aliphatic heterocycles. The SMILES string of the molecule is CCCNC1CCC(C(C)(C)C)CC1N(C)CC. The van der Waals surface area contributed by atoms with Gasteiger partial charge in [0.1, 0.15) is 0 Å². The van der Waals surface area contributed by atoms with Crippen LogP contribution in [0.25, 0.3) is 0 Å². The molecule has 0 amide bonds. The first-order chi connectivity index (χ1) is 8.40. The minimum atomic E-state index is 0.461. The number of hydrogen-bond donors (Lipinski definition) is 1. The highest BCUT2D eigenvalue weighted by Crippen LogP contribution is 2.39. The summed E-state index contributed by atoms with van der Waals surface area (Å²) in [5.41, 5.74) is 0.461. The highest BCUT2D eigenvalue weighted by molar-refractivity contribution is 4.93. The van der Waals surface area contributed by atoms with E-state index >= 15 is 0 Å². The van der Waals surface area contributed by atoms with Crippen molar-refractivity contribution < 1.29 is 0 Å². The van der Waals surface area contributed by atoms with Gasteiger partial charge in [-0.05, 0) is 57.2 Å². The van der Waals surface area contributed by atoms with Gasteiger partial charge < -0.3 is 10.2 Å². The highest BCUT2D eigenvalue weighted by atomic mass is 15.2. The number of likely N-dealkylation sites (N-methyl/N-ethyl adjacent to an activating group) is 1. The van der Waals surface area contributed by atoms with E-state index in [4.69, 9.17) is 0 Å². The van der Waals surface area contributed by atoms with Crippen LogP contribution in [0.5, 0.6) is 0 Å². The Bertz CT molecular complexity index is 232. The van der Waals surface area contributed by atoms with Crippen LogP contribution in [0.4, 0.5) is 0 Å². The van der Waals surface area contributed by atoms with Crippen LogP contribution in [0, 0.1) is 11.3 Å². The summed E-state index contributed by atoms with van der Waals surface area (Å²) in [6.45, 7) is 14.1. The summed E-state index contributed by atoms with van der Waals surface area (Å²) in [5.74, 6) is 0.871. The van der Waals surface area contributed by atoms with Gasteiger partial charge in [0.2, 0.25) is 0 Å². The molecule has 2 nitrogen and oxygen atoms in total. The van der Waals surface area contributed by atoms with Crippen molar-refractivity contribution in [3.05, 3.63) is 0 Å². The molecule has 18 heavy (non-hydrogen) atoms. The summed E-state index contributed by atoms with van der Waals surface area (Å²) in [6.07, 6.45) is 5.33.